The van der Waals surface area contributed by atoms with Crippen LogP contribution in [0, 0.1) is 0 Å². The van der Waals surface area contributed by atoms with Crippen LogP contribution in [0.2, 0.25) is 5.02 Å². The van der Waals surface area contributed by atoms with E-state index >= 15 is 0 Å². The van der Waals surface area contributed by atoms with Crippen LogP contribution >= 0.6 is 11.6 Å². The van der Waals surface area contributed by atoms with E-state index in [4.69, 9.17) is 23.1 Å². The van der Waals surface area contributed by atoms with E-state index in [9.17, 15) is 4.79 Å². The number of amides is 1. The molecule has 1 rings (SSSR count). The number of primary amides is 1. The molecule has 0 aromatic heterocycles. The second-order valence-corrected chi connectivity index (χ2v) is 4.89. The molecule has 0 aliphatic rings. The van der Waals surface area contributed by atoms with Crippen molar-refractivity contribution in [3.63, 3.8) is 0 Å². The van der Waals surface area contributed by atoms with Gasteiger partial charge in [0.05, 0.1) is 16.3 Å². The predicted molar refractivity (Wildman–Crippen MR) is 76.0 cm³/mol. The van der Waals surface area contributed by atoms with Gasteiger partial charge in [-0.2, -0.15) is 0 Å². The fraction of sp³-hybridized carbons (Fsp3) is 0.417. The number of benzene rings is 1. The van der Waals surface area contributed by atoms with E-state index in [-0.39, 0.29) is 0 Å². The van der Waals surface area contributed by atoms with E-state index in [2.05, 4.69) is 17.1 Å². The molecule has 100 valence electrons. The largest absolute Gasteiger partial charge is 0.399 e. The number of nitrogen functional groups attached to an aromatic ring is 1. The van der Waals surface area contributed by atoms with Gasteiger partial charge in [0.15, 0.2) is 0 Å². The molecule has 6 heteroatoms. The standard InChI is InChI=1S/C12H19ClN4O/c1-7(17(2)3)6-16-11-9(12(15)18)4-8(14)5-10(11)13/h4-5,7,16H,6,14H2,1-3H3,(H2,15,18). The topological polar surface area (TPSA) is 84.4 Å². The van der Waals surface area contributed by atoms with Crippen LogP contribution in [-0.2, 0) is 0 Å². The van der Waals surface area contributed by atoms with Crippen LogP contribution in [0.3, 0.4) is 0 Å². The quantitative estimate of drug-likeness (QED) is 0.706. The van der Waals surface area contributed by atoms with E-state index in [1.54, 1.807) is 6.07 Å². The molecule has 0 heterocycles. The number of rotatable bonds is 5. The zero-order valence-electron chi connectivity index (χ0n) is 10.8. The van der Waals surface area contributed by atoms with Gasteiger partial charge in [0.2, 0.25) is 0 Å². The summed E-state index contributed by atoms with van der Waals surface area (Å²) in [5, 5.41) is 3.54. The third-order valence-corrected chi connectivity index (χ3v) is 3.13. The van der Waals surface area contributed by atoms with Crippen LogP contribution in [0.15, 0.2) is 12.1 Å². The number of halogens is 1. The monoisotopic (exact) mass is 270 g/mol. The molecule has 0 aliphatic carbocycles. The van der Waals surface area contributed by atoms with Crippen LogP contribution in [0.5, 0.6) is 0 Å². The molecular weight excluding hydrogens is 252 g/mol. The second kappa shape index (κ2) is 5.93. The molecule has 0 saturated heterocycles. The molecule has 5 N–H and O–H groups in total. The summed E-state index contributed by atoms with van der Waals surface area (Å²) in [4.78, 5) is 13.4. The van der Waals surface area contributed by atoms with Crippen LogP contribution < -0.4 is 16.8 Å². The summed E-state index contributed by atoms with van der Waals surface area (Å²) in [6.45, 7) is 2.71. The summed E-state index contributed by atoms with van der Waals surface area (Å²) in [6.07, 6.45) is 0. The number of nitrogens with one attached hydrogen (secondary N) is 1. The lowest BCUT2D eigenvalue weighted by molar-refractivity contribution is 0.100. The summed E-state index contributed by atoms with van der Waals surface area (Å²) < 4.78 is 0. The van der Waals surface area contributed by atoms with Crippen LogP contribution in [0.1, 0.15) is 17.3 Å². The Morgan fingerprint density at radius 1 is 1.50 bits per heavy atom. The maximum atomic E-state index is 11.4. The Morgan fingerprint density at radius 3 is 2.61 bits per heavy atom. The van der Waals surface area contributed by atoms with Gasteiger partial charge in [-0.05, 0) is 33.2 Å². The molecule has 0 aliphatic heterocycles. The first-order valence-electron chi connectivity index (χ1n) is 5.62. The van der Waals surface area contributed by atoms with Crippen molar-refractivity contribution in [1.29, 1.82) is 0 Å². The third-order valence-electron chi connectivity index (χ3n) is 2.83. The van der Waals surface area contributed by atoms with Crippen molar-refractivity contribution in [3.05, 3.63) is 22.7 Å². The maximum absolute atomic E-state index is 11.4. The van der Waals surface area contributed by atoms with Crippen molar-refractivity contribution in [2.45, 2.75) is 13.0 Å². The van der Waals surface area contributed by atoms with Gasteiger partial charge in [0.25, 0.3) is 5.91 Å². The smallest absolute Gasteiger partial charge is 0.250 e. The van der Waals surface area contributed by atoms with Gasteiger partial charge in [-0.1, -0.05) is 11.6 Å². The molecule has 1 atom stereocenters. The average Bonchev–Trinajstić information content (AvgIpc) is 2.26. The van der Waals surface area contributed by atoms with Gasteiger partial charge in [-0.3, -0.25) is 4.79 Å². The average molecular weight is 271 g/mol. The second-order valence-electron chi connectivity index (χ2n) is 4.48. The number of nitrogens with two attached hydrogens (primary N) is 2. The number of carbonyl (C=O) groups excluding carboxylic acids is 1. The zero-order valence-corrected chi connectivity index (χ0v) is 11.6. The molecular formula is C12H19ClN4O. The number of likely N-dealkylation sites (N-methyl/N-ethyl adjacent to an activating group) is 1. The lowest BCUT2D eigenvalue weighted by atomic mass is 10.1. The molecule has 0 radical (unpaired) electrons. The number of hydrogen-bond donors (Lipinski definition) is 3. The van der Waals surface area contributed by atoms with Crippen LogP contribution in [0.25, 0.3) is 0 Å². The van der Waals surface area contributed by atoms with E-state index in [0.717, 1.165) is 0 Å². The Balaban J connectivity index is 2.97. The molecule has 1 amide bonds. The fourth-order valence-electron chi connectivity index (χ4n) is 1.43. The van der Waals surface area contributed by atoms with Gasteiger partial charge in [-0.15, -0.1) is 0 Å². The first-order valence-corrected chi connectivity index (χ1v) is 5.99. The minimum absolute atomic E-state index is 0.291. The van der Waals surface area contributed by atoms with E-state index in [1.807, 2.05) is 14.1 Å². The van der Waals surface area contributed by atoms with Crippen molar-refractivity contribution in [3.8, 4) is 0 Å². The first-order chi connectivity index (χ1) is 8.32. The summed E-state index contributed by atoms with van der Waals surface area (Å²) >= 11 is 6.08. The molecule has 18 heavy (non-hydrogen) atoms. The highest BCUT2D eigenvalue weighted by Crippen LogP contribution is 2.29. The molecule has 1 aromatic rings. The predicted octanol–water partition coefficient (Wildman–Crippen LogP) is 1.38. The fourth-order valence-corrected chi connectivity index (χ4v) is 1.73. The Labute approximate surface area is 112 Å². The molecule has 1 unspecified atom stereocenters. The highest BCUT2D eigenvalue weighted by atomic mass is 35.5. The SMILES string of the molecule is CC(CNc1c(Cl)cc(N)cc1C(N)=O)N(C)C. The van der Waals surface area contributed by atoms with Crippen LogP contribution in [0.4, 0.5) is 11.4 Å². The van der Waals surface area contributed by atoms with Crippen molar-refractivity contribution >= 4 is 28.9 Å². The molecule has 0 bridgehead atoms. The number of anilines is 2. The van der Waals surface area contributed by atoms with E-state index in [1.165, 1.54) is 6.07 Å². The summed E-state index contributed by atoms with van der Waals surface area (Å²) in [5.41, 5.74) is 12.2. The number of nitrogens with zero attached hydrogens (tertiary/aromatic N) is 1. The lowest BCUT2D eigenvalue weighted by Crippen LogP contribution is -2.32. The van der Waals surface area contributed by atoms with Gasteiger partial charge >= 0.3 is 0 Å². The van der Waals surface area contributed by atoms with Crippen LogP contribution in [-0.4, -0.2) is 37.5 Å². The Morgan fingerprint density at radius 2 is 2.11 bits per heavy atom. The van der Waals surface area contributed by atoms with E-state index in [0.29, 0.717) is 34.5 Å². The number of carbonyl (C=O) groups is 1. The van der Waals surface area contributed by atoms with Gasteiger partial charge in [0, 0.05) is 18.3 Å². The molecule has 5 nitrogen and oxygen atoms in total. The molecule has 0 saturated carbocycles. The normalized spacial score (nSPS) is 12.5. The van der Waals surface area contributed by atoms with Gasteiger partial charge in [-0.25, -0.2) is 0 Å². The summed E-state index contributed by atoms with van der Waals surface area (Å²) in [6, 6.07) is 3.41. The summed E-state index contributed by atoms with van der Waals surface area (Å²) in [5.74, 6) is -0.552. The van der Waals surface area contributed by atoms with Gasteiger partial charge < -0.3 is 21.7 Å². The molecule has 0 spiro atoms. The molecule has 0 fully saturated rings. The molecule has 1 aromatic carbocycles. The lowest BCUT2D eigenvalue weighted by Gasteiger charge is -2.22. The van der Waals surface area contributed by atoms with E-state index < -0.39 is 5.91 Å². The van der Waals surface area contributed by atoms with Gasteiger partial charge in [0.1, 0.15) is 0 Å². The Kier molecular flexibility index (Phi) is 4.81. The highest BCUT2D eigenvalue weighted by Gasteiger charge is 2.14. The van der Waals surface area contributed by atoms with Crippen molar-refractivity contribution in [2.75, 3.05) is 31.7 Å². The maximum Gasteiger partial charge on any atom is 0.250 e. The Bertz CT molecular complexity index is 448. The zero-order chi connectivity index (χ0) is 13.9. The third kappa shape index (κ3) is 3.51. The summed E-state index contributed by atoms with van der Waals surface area (Å²) in [7, 11) is 3.96. The van der Waals surface area contributed by atoms with Crippen molar-refractivity contribution in [1.82, 2.24) is 4.90 Å². The number of hydrogen-bond acceptors (Lipinski definition) is 4. The first kappa shape index (κ1) is 14.6. The van der Waals surface area contributed by atoms with Crippen molar-refractivity contribution < 1.29 is 4.79 Å². The minimum atomic E-state index is -0.552. The van der Waals surface area contributed by atoms with Crippen molar-refractivity contribution in [2.24, 2.45) is 5.73 Å². The minimum Gasteiger partial charge on any atom is -0.399 e. The highest BCUT2D eigenvalue weighted by molar-refractivity contribution is 6.34. The Hall–Kier alpha value is -1.46.